The first kappa shape index (κ1) is 21.7. The topological polar surface area (TPSA) is 61.4 Å². The van der Waals surface area contributed by atoms with Crippen LogP contribution >= 0.6 is 0 Å². The van der Waals surface area contributed by atoms with Gasteiger partial charge in [0.1, 0.15) is 5.82 Å². The van der Waals surface area contributed by atoms with Gasteiger partial charge in [-0.3, -0.25) is 4.79 Å². The third kappa shape index (κ3) is 6.00. The summed E-state index contributed by atoms with van der Waals surface area (Å²) in [6, 6.07) is 6.31. The quantitative estimate of drug-likeness (QED) is 0.688. The molecule has 166 valence electrons. The zero-order valence-electron chi connectivity index (χ0n) is 18.1. The maximum atomic E-state index is 13.1. The first-order valence-electron chi connectivity index (χ1n) is 11.5. The number of amides is 1. The first-order chi connectivity index (χ1) is 15.2. The molecule has 1 amide bonds. The van der Waals surface area contributed by atoms with Crippen LogP contribution in [0.15, 0.2) is 36.7 Å². The number of benzene rings is 1. The van der Waals surface area contributed by atoms with Crippen LogP contribution in [-0.2, 0) is 4.79 Å². The minimum atomic E-state index is -0.259. The number of hydrogen-bond acceptors (Lipinski definition) is 5. The fraction of sp³-hybridized carbons (Fsp3) is 0.542. The highest BCUT2D eigenvalue weighted by atomic mass is 19.1. The molecule has 2 fully saturated rings. The average Bonchev–Trinajstić information content (AvgIpc) is 2.83. The van der Waals surface area contributed by atoms with Gasteiger partial charge in [-0.05, 0) is 69.4 Å². The number of likely N-dealkylation sites (tertiary alicyclic amines) is 1. The zero-order valence-corrected chi connectivity index (χ0v) is 18.1. The molecule has 0 unspecified atom stereocenters. The molecule has 3 heterocycles. The van der Waals surface area contributed by atoms with E-state index in [-0.39, 0.29) is 17.6 Å². The summed E-state index contributed by atoms with van der Waals surface area (Å²) in [7, 11) is 0. The molecule has 1 aromatic carbocycles. The van der Waals surface area contributed by atoms with Crippen LogP contribution < -0.4 is 10.2 Å². The van der Waals surface area contributed by atoms with Crippen LogP contribution in [0.3, 0.4) is 0 Å². The van der Waals surface area contributed by atoms with Crippen molar-refractivity contribution < 1.29 is 9.18 Å². The highest BCUT2D eigenvalue weighted by molar-refractivity contribution is 5.79. The van der Waals surface area contributed by atoms with Gasteiger partial charge in [0.05, 0.1) is 5.92 Å². The highest BCUT2D eigenvalue weighted by Crippen LogP contribution is 2.23. The maximum absolute atomic E-state index is 13.1. The van der Waals surface area contributed by atoms with Crippen LogP contribution in [0, 0.1) is 11.7 Å². The number of anilines is 1. The van der Waals surface area contributed by atoms with E-state index in [1.807, 2.05) is 0 Å². The molecule has 1 aromatic heterocycles. The van der Waals surface area contributed by atoms with E-state index in [1.165, 1.54) is 44.5 Å². The summed E-state index contributed by atoms with van der Waals surface area (Å²) in [5.41, 5.74) is 1.73. The molecule has 0 spiro atoms. The van der Waals surface area contributed by atoms with Gasteiger partial charge in [-0.1, -0.05) is 18.6 Å². The van der Waals surface area contributed by atoms with Crippen LogP contribution in [0.1, 0.15) is 38.5 Å². The molecule has 1 atom stereocenters. The van der Waals surface area contributed by atoms with Crippen molar-refractivity contribution in [2.24, 2.45) is 5.92 Å². The molecule has 7 heteroatoms. The number of nitrogens with zero attached hydrogens (tertiary/aromatic N) is 4. The van der Waals surface area contributed by atoms with E-state index >= 15 is 0 Å². The normalized spacial score (nSPS) is 19.9. The molecular weight excluding hydrogens is 393 g/mol. The lowest BCUT2D eigenvalue weighted by Gasteiger charge is -2.32. The molecule has 0 aliphatic carbocycles. The number of nitrogens with one attached hydrogen (secondary N) is 1. The Morgan fingerprint density at radius 2 is 1.74 bits per heavy atom. The molecule has 6 nitrogen and oxygen atoms in total. The molecule has 0 bridgehead atoms. The number of carbonyl (C=O) groups is 1. The van der Waals surface area contributed by atoms with Gasteiger partial charge in [-0.25, -0.2) is 14.4 Å². The van der Waals surface area contributed by atoms with Gasteiger partial charge in [0, 0.05) is 37.6 Å². The van der Waals surface area contributed by atoms with Crippen molar-refractivity contribution in [2.75, 3.05) is 44.2 Å². The zero-order chi connectivity index (χ0) is 21.5. The Balaban J connectivity index is 1.25. The van der Waals surface area contributed by atoms with E-state index in [9.17, 15) is 9.18 Å². The van der Waals surface area contributed by atoms with Crippen LogP contribution in [0.5, 0.6) is 0 Å². The van der Waals surface area contributed by atoms with E-state index < -0.39 is 0 Å². The molecule has 4 rings (SSSR count). The smallest absolute Gasteiger partial charge is 0.225 e. The molecule has 2 saturated heterocycles. The van der Waals surface area contributed by atoms with Crippen LogP contribution in [-0.4, -0.2) is 60.0 Å². The van der Waals surface area contributed by atoms with Crippen molar-refractivity contribution in [1.82, 2.24) is 20.2 Å². The van der Waals surface area contributed by atoms with Gasteiger partial charge in [-0.15, -0.1) is 0 Å². The van der Waals surface area contributed by atoms with Gasteiger partial charge in [0.2, 0.25) is 11.9 Å². The van der Waals surface area contributed by atoms with Crippen molar-refractivity contribution in [2.45, 2.75) is 38.5 Å². The van der Waals surface area contributed by atoms with E-state index in [2.05, 4.69) is 25.1 Å². The Bertz CT molecular complexity index is 836. The second kappa shape index (κ2) is 10.7. The molecule has 0 radical (unpaired) electrons. The van der Waals surface area contributed by atoms with Crippen LogP contribution in [0.25, 0.3) is 11.1 Å². The van der Waals surface area contributed by atoms with Crippen molar-refractivity contribution in [3.8, 4) is 11.1 Å². The third-order valence-electron chi connectivity index (χ3n) is 6.29. The van der Waals surface area contributed by atoms with Crippen molar-refractivity contribution in [1.29, 1.82) is 0 Å². The first-order valence-corrected chi connectivity index (χ1v) is 11.5. The summed E-state index contributed by atoms with van der Waals surface area (Å²) in [6.45, 7) is 5.72. The maximum Gasteiger partial charge on any atom is 0.225 e. The summed E-state index contributed by atoms with van der Waals surface area (Å²) in [5.74, 6) is 0.509. The Morgan fingerprint density at radius 1 is 1.00 bits per heavy atom. The summed E-state index contributed by atoms with van der Waals surface area (Å²) in [4.78, 5) is 26.3. The van der Waals surface area contributed by atoms with Gasteiger partial charge < -0.3 is 15.1 Å². The standard InChI is InChI=1S/C24H32FN5O/c25-22-9-7-19(8-10-22)21-16-27-24(28-17-21)30-15-4-6-20(18-30)23(31)26-11-5-14-29-12-2-1-3-13-29/h7-10,16-17,20H,1-6,11-15,18H2,(H,26,31)/t20-/m1/s1. The SMILES string of the molecule is O=C(NCCCN1CCCCC1)[C@@H]1CCCN(c2ncc(-c3ccc(F)cc3)cn2)C1. The second-order valence-corrected chi connectivity index (χ2v) is 8.61. The number of hydrogen-bond donors (Lipinski definition) is 1. The number of rotatable bonds is 7. The van der Waals surface area contributed by atoms with Gasteiger partial charge in [-0.2, -0.15) is 0 Å². The predicted molar refractivity (Wildman–Crippen MR) is 120 cm³/mol. The van der Waals surface area contributed by atoms with Gasteiger partial charge in [0.25, 0.3) is 0 Å². The number of halogens is 1. The van der Waals surface area contributed by atoms with E-state index in [4.69, 9.17) is 0 Å². The van der Waals surface area contributed by atoms with E-state index in [0.29, 0.717) is 12.5 Å². The summed E-state index contributed by atoms with van der Waals surface area (Å²) in [5, 5.41) is 3.14. The Labute approximate surface area is 183 Å². The molecule has 2 aliphatic rings. The van der Waals surface area contributed by atoms with E-state index in [0.717, 1.165) is 50.0 Å². The highest BCUT2D eigenvalue weighted by Gasteiger charge is 2.27. The fourth-order valence-corrected chi connectivity index (χ4v) is 4.49. The van der Waals surface area contributed by atoms with E-state index in [1.54, 1.807) is 24.5 Å². The minimum absolute atomic E-state index is 0.0240. The molecule has 31 heavy (non-hydrogen) atoms. The average molecular weight is 426 g/mol. The molecule has 2 aliphatic heterocycles. The monoisotopic (exact) mass is 425 g/mol. The summed E-state index contributed by atoms with van der Waals surface area (Å²) >= 11 is 0. The second-order valence-electron chi connectivity index (χ2n) is 8.61. The fourth-order valence-electron chi connectivity index (χ4n) is 4.49. The number of aromatic nitrogens is 2. The number of piperidine rings is 2. The molecule has 1 N–H and O–H groups in total. The third-order valence-corrected chi connectivity index (χ3v) is 6.29. The molecular formula is C24H32FN5O. The predicted octanol–water partition coefficient (Wildman–Crippen LogP) is 3.49. The Kier molecular flexibility index (Phi) is 7.46. The number of carbonyl (C=O) groups excluding carboxylic acids is 1. The summed E-state index contributed by atoms with van der Waals surface area (Å²) in [6.07, 6.45) is 10.4. The van der Waals surface area contributed by atoms with Crippen molar-refractivity contribution >= 4 is 11.9 Å². The Morgan fingerprint density at radius 3 is 2.48 bits per heavy atom. The summed E-state index contributed by atoms with van der Waals surface area (Å²) < 4.78 is 13.1. The molecule has 0 saturated carbocycles. The molecule has 2 aromatic rings. The lowest BCUT2D eigenvalue weighted by atomic mass is 9.97. The van der Waals surface area contributed by atoms with Crippen molar-refractivity contribution in [3.63, 3.8) is 0 Å². The van der Waals surface area contributed by atoms with Gasteiger partial charge in [0.15, 0.2) is 0 Å². The lowest BCUT2D eigenvalue weighted by molar-refractivity contribution is -0.125. The Hall–Kier alpha value is -2.54. The minimum Gasteiger partial charge on any atom is -0.356 e. The van der Waals surface area contributed by atoms with Crippen LogP contribution in [0.4, 0.5) is 10.3 Å². The lowest BCUT2D eigenvalue weighted by Crippen LogP contribution is -2.44. The van der Waals surface area contributed by atoms with Crippen LogP contribution in [0.2, 0.25) is 0 Å². The van der Waals surface area contributed by atoms with Crippen molar-refractivity contribution in [3.05, 3.63) is 42.5 Å². The largest absolute Gasteiger partial charge is 0.356 e. The van der Waals surface area contributed by atoms with Gasteiger partial charge >= 0.3 is 0 Å².